The van der Waals surface area contributed by atoms with Gasteiger partial charge in [-0.15, -0.1) is 0 Å². The fourth-order valence-corrected chi connectivity index (χ4v) is 11.7. The molecule has 0 spiro atoms. The van der Waals surface area contributed by atoms with Gasteiger partial charge in [0.15, 0.2) is 12.2 Å². The molecule has 0 saturated heterocycles. The van der Waals surface area contributed by atoms with Gasteiger partial charge in [-0.2, -0.15) is 0 Å². The molecule has 510 valence electrons. The molecular formula is C67H130O17P2. The molecule has 86 heavy (non-hydrogen) atoms. The van der Waals surface area contributed by atoms with Crippen molar-refractivity contribution in [3.8, 4) is 0 Å². The number of phosphoric ester groups is 2. The first-order valence-corrected chi connectivity index (χ1v) is 38.1. The van der Waals surface area contributed by atoms with Crippen LogP contribution in [0.15, 0.2) is 0 Å². The zero-order chi connectivity index (χ0) is 63.5. The van der Waals surface area contributed by atoms with Crippen molar-refractivity contribution in [1.29, 1.82) is 0 Å². The predicted octanol–water partition coefficient (Wildman–Crippen LogP) is 19.0. The summed E-state index contributed by atoms with van der Waals surface area (Å²) >= 11 is 0. The Morgan fingerprint density at radius 2 is 0.535 bits per heavy atom. The van der Waals surface area contributed by atoms with Crippen LogP contribution < -0.4 is 0 Å². The highest BCUT2D eigenvalue weighted by Gasteiger charge is 2.30. The van der Waals surface area contributed by atoms with E-state index in [0.717, 1.165) is 102 Å². The molecular weight excluding hydrogens is 1140 g/mol. The van der Waals surface area contributed by atoms with E-state index in [1.54, 1.807) is 0 Å². The van der Waals surface area contributed by atoms with E-state index in [0.29, 0.717) is 25.7 Å². The molecule has 0 radical (unpaired) electrons. The second kappa shape index (κ2) is 60.6. The van der Waals surface area contributed by atoms with Gasteiger partial charge in [-0.05, 0) is 31.6 Å². The van der Waals surface area contributed by atoms with Crippen molar-refractivity contribution in [2.24, 2.45) is 5.92 Å². The Bertz CT molecular complexity index is 1670. The van der Waals surface area contributed by atoms with Gasteiger partial charge in [-0.1, -0.05) is 291 Å². The first-order chi connectivity index (χ1) is 41.5. The maximum atomic E-state index is 13.0. The lowest BCUT2D eigenvalue weighted by atomic mass is 10.0. The molecule has 0 aliphatic carbocycles. The minimum absolute atomic E-state index is 0.106. The number of esters is 4. The quantitative estimate of drug-likeness (QED) is 0.0222. The number of rotatable bonds is 67. The highest BCUT2D eigenvalue weighted by Crippen LogP contribution is 2.45. The van der Waals surface area contributed by atoms with Crippen LogP contribution in [-0.2, 0) is 65.4 Å². The standard InChI is InChI=1S/C67H130O17P2/c1-6-9-12-15-18-21-22-23-24-28-32-36-41-46-51-65(70)78-57-63(84-67(72)53-48-43-38-33-29-26-25-27-31-34-39-44-49-60(4)5)59-82-86(75,76)80-55-61(68)54-79-85(73,74)81-58-62(56-77-64(69)50-45-40-35-20-17-14-11-8-3)83-66(71)52-47-42-37-30-19-16-13-10-7-2/h60-63,68H,6-59H2,1-5H3,(H,73,74)(H,75,76)/t61-,62+,63+/m0/s1. The number of ether oxygens (including phenoxy) is 4. The van der Waals surface area contributed by atoms with Gasteiger partial charge in [0.1, 0.15) is 19.3 Å². The molecule has 17 nitrogen and oxygen atoms in total. The Kier molecular flexibility index (Phi) is 59.2. The van der Waals surface area contributed by atoms with Crippen LogP contribution in [0.2, 0.25) is 0 Å². The van der Waals surface area contributed by atoms with E-state index in [-0.39, 0.29) is 25.7 Å². The smallest absolute Gasteiger partial charge is 0.462 e. The third kappa shape index (κ3) is 60.9. The van der Waals surface area contributed by atoms with Crippen molar-refractivity contribution in [2.75, 3.05) is 39.6 Å². The highest BCUT2D eigenvalue weighted by atomic mass is 31.2. The van der Waals surface area contributed by atoms with Gasteiger partial charge >= 0.3 is 39.5 Å². The Balaban J connectivity index is 5.21. The van der Waals surface area contributed by atoms with Gasteiger partial charge in [-0.3, -0.25) is 37.3 Å². The van der Waals surface area contributed by atoms with Crippen LogP contribution in [0.25, 0.3) is 0 Å². The Morgan fingerprint density at radius 3 is 0.791 bits per heavy atom. The van der Waals surface area contributed by atoms with Crippen LogP contribution >= 0.6 is 15.6 Å². The molecule has 0 aromatic carbocycles. The number of carbonyl (C=O) groups is 4. The van der Waals surface area contributed by atoms with Gasteiger partial charge < -0.3 is 33.8 Å². The van der Waals surface area contributed by atoms with E-state index in [4.69, 9.17) is 37.0 Å². The molecule has 0 bridgehead atoms. The summed E-state index contributed by atoms with van der Waals surface area (Å²) in [5.41, 5.74) is 0. The topological polar surface area (TPSA) is 237 Å². The number of aliphatic hydroxyl groups is 1. The molecule has 0 saturated carbocycles. The summed E-state index contributed by atoms with van der Waals surface area (Å²) in [5, 5.41) is 10.5. The van der Waals surface area contributed by atoms with Crippen molar-refractivity contribution in [2.45, 2.75) is 361 Å². The lowest BCUT2D eigenvalue weighted by Gasteiger charge is -2.21. The summed E-state index contributed by atoms with van der Waals surface area (Å²) in [5.74, 6) is -1.35. The molecule has 2 unspecified atom stereocenters. The lowest BCUT2D eigenvalue weighted by Crippen LogP contribution is -2.30. The van der Waals surface area contributed by atoms with Crippen molar-refractivity contribution in [3.63, 3.8) is 0 Å². The number of unbranched alkanes of at least 4 members (excludes halogenated alkanes) is 39. The molecule has 0 aromatic heterocycles. The number of carbonyl (C=O) groups excluding carboxylic acids is 4. The molecule has 0 aliphatic rings. The zero-order valence-corrected chi connectivity index (χ0v) is 57.2. The van der Waals surface area contributed by atoms with E-state index in [1.807, 2.05) is 0 Å². The van der Waals surface area contributed by atoms with Gasteiger partial charge in [0, 0.05) is 25.7 Å². The first-order valence-electron chi connectivity index (χ1n) is 35.1. The van der Waals surface area contributed by atoms with Crippen LogP contribution in [0.4, 0.5) is 0 Å². The normalized spacial score (nSPS) is 14.2. The summed E-state index contributed by atoms with van der Waals surface area (Å²) in [6, 6.07) is 0. The average Bonchev–Trinajstić information content (AvgIpc) is 3.68. The molecule has 5 atom stereocenters. The minimum atomic E-state index is -4.95. The molecule has 0 aromatic rings. The van der Waals surface area contributed by atoms with Gasteiger partial charge in [0.25, 0.3) is 0 Å². The molecule has 0 amide bonds. The monoisotopic (exact) mass is 1270 g/mol. The fraction of sp³-hybridized carbons (Fsp3) is 0.940. The third-order valence-corrected chi connectivity index (χ3v) is 17.4. The maximum Gasteiger partial charge on any atom is 0.472 e. The van der Waals surface area contributed by atoms with Crippen LogP contribution in [0.3, 0.4) is 0 Å². The molecule has 0 fully saturated rings. The van der Waals surface area contributed by atoms with Crippen molar-refractivity contribution < 1.29 is 80.2 Å². The largest absolute Gasteiger partial charge is 0.472 e. The van der Waals surface area contributed by atoms with E-state index >= 15 is 0 Å². The van der Waals surface area contributed by atoms with Crippen LogP contribution in [0.1, 0.15) is 343 Å². The maximum absolute atomic E-state index is 13.0. The predicted molar refractivity (Wildman–Crippen MR) is 345 cm³/mol. The summed E-state index contributed by atoms with van der Waals surface area (Å²) in [6.45, 7) is 7.19. The van der Waals surface area contributed by atoms with E-state index < -0.39 is 97.5 Å². The molecule has 3 N–H and O–H groups in total. The summed E-state index contributed by atoms with van der Waals surface area (Å²) in [6.07, 6.45) is 45.8. The van der Waals surface area contributed by atoms with Gasteiger partial charge in [0.05, 0.1) is 26.4 Å². The van der Waals surface area contributed by atoms with Crippen LogP contribution in [0, 0.1) is 5.92 Å². The number of hydrogen-bond donors (Lipinski definition) is 3. The second-order valence-corrected chi connectivity index (χ2v) is 27.6. The summed E-state index contributed by atoms with van der Waals surface area (Å²) in [4.78, 5) is 72.3. The van der Waals surface area contributed by atoms with Crippen molar-refractivity contribution >= 4 is 39.5 Å². The van der Waals surface area contributed by atoms with Gasteiger partial charge in [-0.25, -0.2) is 9.13 Å². The second-order valence-electron chi connectivity index (χ2n) is 24.7. The minimum Gasteiger partial charge on any atom is -0.462 e. The number of phosphoric acid groups is 2. The average molecular weight is 1270 g/mol. The Labute approximate surface area is 524 Å². The fourth-order valence-electron chi connectivity index (χ4n) is 10.1. The molecule has 0 aliphatic heterocycles. The Hall–Kier alpha value is -1.94. The van der Waals surface area contributed by atoms with Gasteiger partial charge in [0.2, 0.25) is 0 Å². The van der Waals surface area contributed by atoms with E-state index in [9.17, 15) is 43.2 Å². The molecule has 19 heteroatoms. The number of hydrogen-bond acceptors (Lipinski definition) is 15. The summed E-state index contributed by atoms with van der Waals surface area (Å²) in [7, 11) is -9.89. The molecule has 0 rings (SSSR count). The lowest BCUT2D eigenvalue weighted by molar-refractivity contribution is -0.161. The molecule has 0 heterocycles. The zero-order valence-electron chi connectivity index (χ0n) is 55.4. The van der Waals surface area contributed by atoms with Crippen molar-refractivity contribution in [3.05, 3.63) is 0 Å². The highest BCUT2D eigenvalue weighted by molar-refractivity contribution is 7.47. The van der Waals surface area contributed by atoms with Crippen molar-refractivity contribution in [1.82, 2.24) is 0 Å². The third-order valence-electron chi connectivity index (χ3n) is 15.5. The van der Waals surface area contributed by atoms with E-state index in [2.05, 4.69) is 34.6 Å². The van der Waals surface area contributed by atoms with Crippen LogP contribution in [-0.4, -0.2) is 96.7 Å². The Morgan fingerprint density at radius 1 is 0.314 bits per heavy atom. The number of aliphatic hydroxyl groups excluding tert-OH is 1. The van der Waals surface area contributed by atoms with E-state index in [1.165, 1.54) is 161 Å². The SMILES string of the molecule is CCCCCCCCCCCCCCCCC(=O)OC[C@H](COP(=O)(O)OC[C@@H](O)COP(=O)(O)OC[C@@H](COC(=O)CCCCCCCCCC)OC(=O)CCCCCCCCCCC)OC(=O)CCCCCCCCCCCCCCC(C)C. The summed E-state index contributed by atoms with van der Waals surface area (Å²) < 4.78 is 68.1. The van der Waals surface area contributed by atoms with Crippen LogP contribution in [0.5, 0.6) is 0 Å². The first kappa shape index (κ1) is 84.1.